The number of amides is 3. The maximum Gasteiger partial charge on any atom is 0.329 e. The van der Waals surface area contributed by atoms with Gasteiger partial charge in [-0.2, -0.15) is 5.10 Å². The first-order valence-corrected chi connectivity index (χ1v) is 9.25. The lowest BCUT2D eigenvalue weighted by Crippen LogP contribution is -2.33. The Hall–Kier alpha value is -3.48. The van der Waals surface area contributed by atoms with Gasteiger partial charge in [0.1, 0.15) is 0 Å². The van der Waals surface area contributed by atoms with E-state index in [0.717, 1.165) is 27.9 Å². The number of carbonyl (C=O) groups excluding carboxylic acids is 3. The maximum atomic E-state index is 12.3. The van der Waals surface area contributed by atoms with Crippen molar-refractivity contribution < 1.29 is 14.4 Å². The van der Waals surface area contributed by atoms with E-state index >= 15 is 0 Å². The van der Waals surface area contributed by atoms with Crippen LogP contribution in [0.15, 0.2) is 41.5 Å². The van der Waals surface area contributed by atoms with Crippen LogP contribution in [0.25, 0.3) is 0 Å². The van der Waals surface area contributed by atoms with Gasteiger partial charge in [0.15, 0.2) is 0 Å². The van der Waals surface area contributed by atoms with Crippen LogP contribution >= 0.6 is 0 Å². The Morgan fingerprint density at radius 1 is 0.862 bits per heavy atom. The molecule has 0 atom stereocenters. The standard InChI is InChI=1S/C22H26N4O3/c1-13-10-15(3)20(16(4)11-13)24-19(27)12-17(5)25-26-22(29)21(28)23-18-9-7-6-8-14(18)2/h6-11H,12H2,1-5H3,(H,23,28)(H,24,27)(H,26,29)/b25-17+. The summed E-state index contributed by atoms with van der Waals surface area (Å²) in [7, 11) is 0. The lowest BCUT2D eigenvalue weighted by atomic mass is 10.0. The zero-order chi connectivity index (χ0) is 21.6. The van der Waals surface area contributed by atoms with Gasteiger partial charge >= 0.3 is 11.8 Å². The third-order valence-corrected chi connectivity index (χ3v) is 4.31. The van der Waals surface area contributed by atoms with Gasteiger partial charge in [0.2, 0.25) is 5.91 Å². The number of nitrogens with one attached hydrogen (secondary N) is 3. The highest BCUT2D eigenvalue weighted by molar-refractivity contribution is 6.39. The first kappa shape index (κ1) is 21.8. The minimum atomic E-state index is -0.904. The molecule has 7 nitrogen and oxygen atoms in total. The molecule has 0 aromatic heterocycles. The first-order chi connectivity index (χ1) is 13.7. The van der Waals surface area contributed by atoms with E-state index in [2.05, 4.69) is 21.2 Å². The average molecular weight is 394 g/mol. The van der Waals surface area contributed by atoms with Crippen LogP contribution in [0, 0.1) is 27.7 Å². The van der Waals surface area contributed by atoms with E-state index in [1.165, 1.54) is 0 Å². The number of benzene rings is 2. The fourth-order valence-corrected chi connectivity index (χ4v) is 2.92. The Morgan fingerprint density at radius 2 is 1.48 bits per heavy atom. The molecule has 0 unspecified atom stereocenters. The maximum absolute atomic E-state index is 12.3. The highest BCUT2D eigenvalue weighted by atomic mass is 16.2. The fourth-order valence-electron chi connectivity index (χ4n) is 2.92. The number of para-hydroxylation sites is 1. The van der Waals surface area contributed by atoms with Gasteiger partial charge < -0.3 is 10.6 Å². The number of rotatable bonds is 5. The van der Waals surface area contributed by atoms with Gasteiger partial charge in [-0.25, -0.2) is 5.43 Å². The topological polar surface area (TPSA) is 99.7 Å². The number of carbonyl (C=O) groups is 3. The smallest absolute Gasteiger partial charge is 0.325 e. The molecule has 0 aliphatic rings. The molecule has 2 rings (SSSR count). The summed E-state index contributed by atoms with van der Waals surface area (Å²) in [6, 6.07) is 11.1. The Kier molecular flexibility index (Phi) is 7.25. The molecule has 3 amide bonds. The van der Waals surface area contributed by atoms with Crippen LogP contribution in [-0.2, 0) is 14.4 Å². The van der Waals surface area contributed by atoms with Crippen LogP contribution < -0.4 is 16.1 Å². The van der Waals surface area contributed by atoms with Crippen LogP contribution in [0.5, 0.6) is 0 Å². The van der Waals surface area contributed by atoms with E-state index in [1.54, 1.807) is 19.1 Å². The normalized spacial score (nSPS) is 11.0. The molecule has 29 heavy (non-hydrogen) atoms. The van der Waals surface area contributed by atoms with Gasteiger partial charge in [-0.3, -0.25) is 14.4 Å². The SMILES string of the molecule is C/C(CC(=O)Nc1c(C)cc(C)cc1C)=N\NC(=O)C(=O)Nc1ccccc1C. The van der Waals surface area contributed by atoms with E-state index in [1.807, 2.05) is 52.0 Å². The summed E-state index contributed by atoms with van der Waals surface area (Å²) in [4.78, 5) is 36.2. The monoisotopic (exact) mass is 394 g/mol. The summed E-state index contributed by atoms with van der Waals surface area (Å²) in [6.07, 6.45) is -0.00749. The van der Waals surface area contributed by atoms with E-state index in [-0.39, 0.29) is 12.3 Å². The van der Waals surface area contributed by atoms with Crippen molar-refractivity contribution in [3.8, 4) is 0 Å². The second kappa shape index (κ2) is 9.64. The Bertz CT molecular complexity index is 957. The summed E-state index contributed by atoms with van der Waals surface area (Å²) in [5.74, 6) is -1.98. The van der Waals surface area contributed by atoms with Crippen molar-refractivity contribution in [1.29, 1.82) is 0 Å². The Labute approximate surface area is 170 Å². The van der Waals surface area contributed by atoms with E-state index < -0.39 is 11.8 Å². The number of hydrazone groups is 1. The number of hydrogen-bond acceptors (Lipinski definition) is 4. The summed E-state index contributed by atoms with van der Waals surface area (Å²) < 4.78 is 0. The van der Waals surface area contributed by atoms with Gasteiger partial charge in [0, 0.05) is 17.1 Å². The molecular weight excluding hydrogens is 368 g/mol. The van der Waals surface area contributed by atoms with Crippen LogP contribution in [0.4, 0.5) is 11.4 Å². The van der Waals surface area contributed by atoms with E-state index in [4.69, 9.17) is 0 Å². The minimum absolute atomic E-state index is 0.00749. The lowest BCUT2D eigenvalue weighted by Gasteiger charge is -2.12. The molecule has 0 radical (unpaired) electrons. The van der Waals surface area contributed by atoms with Crippen molar-refractivity contribution in [2.75, 3.05) is 10.6 Å². The number of hydrogen-bond donors (Lipinski definition) is 3. The molecule has 0 aliphatic carbocycles. The van der Waals surface area contributed by atoms with E-state index in [9.17, 15) is 14.4 Å². The molecule has 3 N–H and O–H groups in total. The van der Waals surface area contributed by atoms with Crippen molar-refractivity contribution >= 4 is 34.8 Å². The van der Waals surface area contributed by atoms with Crippen molar-refractivity contribution in [2.45, 2.75) is 41.0 Å². The highest BCUT2D eigenvalue weighted by Crippen LogP contribution is 2.22. The zero-order valence-corrected chi connectivity index (χ0v) is 17.3. The van der Waals surface area contributed by atoms with Gasteiger partial charge in [0.05, 0.1) is 6.42 Å². The van der Waals surface area contributed by atoms with Gasteiger partial charge in [0.25, 0.3) is 0 Å². The van der Waals surface area contributed by atoms with E-state index in [0.29, 0.717) is 11.4 Å². The zero-order valence-electron chi connectivity index (χ0n) is 17.3. The van der Waals surface area contributed by atoms with Crippen molar-refractivity contribution in [2.24, 2.45) is 5.10 Å². The molecule has 0 bridgehead atoms. The Balaban J connectivity index is 1.91. The largest absolute Gasteiger partial charge is 0.329 e. The third kappa shape index (κ3) is 6.27. The van der Waals surface area contributed by atoms with Gasteiger partial charge in [-0.05, 0) is 57.4 Å². The summed E-state index contributed by atoms with van der Waals surface area (Å²) in [5.41, 5.74) is 7.80. The Morgan fingerprint density at radius 3 is 2.10 bits per heavy atom. The summed E-state index contributed by atoms with van der Waals surface area (Å²) in [6.45, 7) is 9.30. The molecule has 7 heteroatoms. The van der Waals surface area contributed by atoms with Gasteiger partial charge in [-0.1, -0.05) is 35.9 Å². The highest BCUT2D eigenvalue weighted by Gasteiger charge is 2.15. The molecule has 0 fully saturated rings. The second-order valence-electron chi connectivity index (χ2n) is 7.06. The predicted molar refractivity (Wildman–Crippen MR) is 115 cm³/mol. The first-order valence-electron chi connectivity index (χ1n) is 9.25. The van der Waals surface area contributed by atoms with Crippen molar-refractivity contribution in [3.63, 3.8) is 0 Å². The molecule has 2 aromatic carbocycles. The van der Waals surface area contributed by atoms with Crippen LogP contribution in [0.1, 0.15) is 35.6 Å². The summed E-state index contributed by atoms with van der Waals surface area (Å²) in [5, 5.41) is 9.24. The average Bonchev–Trinajstić information content (AvgIpc) is 2.64. The molecule has 0 spiro atoms. The van der Waals surface area contributed by atoms with Crippen LogP contribution in [0.2, 0.25) is 0 Å². The van der Waals surface area contributed by atoms with Crippen molar-refractivity contribution in [3.05, 3.63) is 58.7 Å². The number of aryl methyl sites for hydroxylation is 4. The number of anilines is 2. The number of nitrogens with zero attached hydrogens (tertiary/aromatic N) is 1. The van der Waals surface area contributed by atoms with Gasteiger partial charge in [-0.15, -0.1) is 0 Å². The third-order valence-electron chi connectivity index (χ3n) is 4.31. The van der Waals surface area contributed by atoms with Crippen LogP contribution in [-0.4, -0.2) is 23.4 Å². The predicted octanol–water partition coefficient (Wildman–Crippen LogP) is 3.38. The van der Waals surface area contributed by atoms with Crippen molar-refractivity contribution in [1.82, 2.24) is 5.43 Å². The lowest BCUT2D eigenvalue weighted by molar-refractivity contribution is -0.136. The van der Waals surface area contributed by atoms with Crippen LogP contribution in [0.3, 0.4) is 0 Å². The molecule has 152 valence electrons. The summed E-state index contributed by atoms with van der Waals surface area (Å²) >= 11 is 0. The quantitative estimate of drug-likeness (QED) is 0.412. The minimum Gasteiger partial charge on any atom is -0.325 e. The molecule has 0 saturated carbocycles. The molecule has 0 aliphatic heterocycles. The molecular formula is C22H26N4O3. The second-order valence-corrected chi connectivity index (χ2v) is 7.06. The molecule has 0 saturated heterocycles. The molecule has 0 heterocycles. The molecule has 2 aromatic rings. The fraction of sp³-hybridized carbons (Fsp3) is 0.273.